The van der Waals surface area contributed by atoms with Gasteiger partial charge in [0.25, 0.3) is 0 Å². The Bertz CT molecular complexity index is 1540. The van der Waals surface area contributed by atoms with E-state index in [1.165, 1.54) is 19.3 Å². The van der Waals surface area contributed by atoms with E-state index in [4.69, 9.17) is 23.3 Å². The van der Waals surface area contributed by atoms with Crippen LogP contribution in [-0.4, -0.2) is 111 Å². The first-order chi connectivity index (χ1) is 31.9. The molecular formula is C51H83O14P. The molecule has 0 spiro atoms. The zero-order valence-corrected chi connectivity index (χ0v) is 40.5. The number of phosphoric acid groups is 1. The highest BCUT2D eigenvalue weighted by Crippen LogP contribution is 2.47. The maximum atomic E-state index is 12.8. The molecule has 1 heterocycles. The summed E-state index contributed by atoms with van der Waals surface area (Å²) in [6, 6.07) is 0. The zero-order valence-electron chi connectivity index (χ0n) is 39.6. The average Bonchev–Trinajstić information content (AvgIpc) is 4.06. The molecule has 1 aliphatic heterocycles. The summed E-state index contributed by atoms with van der Waals surface area (Å²) in [6.45, 7) is 3.09. The molecule has 6 N–H and O–H groups in total. The van der Waals surface area contributed by atoms with Crippen molar-refractivity contribution >= 4 is 19.8 Å². The highest BCUT2D eigenvalue weighted by atomic mass is 31.2. The lowest BCUT2D eigenvalue weighted by molar-refractivity contribution is -0.220. The third-order valence-corrected chi connectivity index (χ3v) is 12.1. The number of carbonyl (C=O) groups excluding carboxylic acids is 2. The van der Waals surface area contributed by atoms with Gasteiger partial charge in [0.1, 0.15) is 43.2 Å². The van der Waals surface area contributed by atoms with Gasteiger partial charge in [-0.3, -0.25) is 18.6 Å². The molecule has 376 valence electrons. The van der Waals surface area contributed by atoms with Gasteiger partial charge >= 0.3 is 19.8 Å². The van der Waals surface area contributed by atoms with E-state index in [1.54, 1.807) is 0 Å². The molecule has 2 aliphatic rings. The minimum Gasteiger partial charge on any atom is -0.462 e. The number of aliphatic hydroxyl groups is 5. The van der Waals surface area contributed by atoms with Crippen LogP contribution in [-0.2, 0) is 37.4 Å². The molecule has 2 fully saturated rings. The Balaban J connectivity index is 1.72. The minimum atomic E-state index is -5.15. The van der Waals surface area contributed by atoms with E-state index in [2.05, 4.69) is 86.8 Å². The molecule has 0 aromatic rings. The number of hydrogen-bond donors (Lipinski definition) is 6. The number of esters is 2. The number of unbranched alkanes of at least 4 members (excludes halogenated alkanes) is 10. The van der Waals surface area contributed by atoms with Crippen molar-refractivity contribution in [3.63, 3.8) is 0 Å². The van der Waals surface area contributed by atoms with Crippen molar-refractivity contribution in [2.45, 2.75) is 210 Å². The first kappa shape index (κ1) is 59.1. The summed E-state index contributed by atoms with van der Waals surface area (Å²) in [7, 11) is -5.15. The molecule has 10 atom stereocenters. The molecule has 0 aromatic carbocycles. The summed E-state index contributed by atoms with van der Waals surface area (Å²) in [6.07, 6.45) is 36.6. The maximum absolute atomic E-state index is 12.8. The van der Waals surface area contributed by atoms with E-state index >= 15 is 0 Å². The van der Waals surface area contributed by atoms with Crippen molar-refractivity contribution in [1.29, 1.82) is 0 Å². The Morgan fingerprint density at radius 1 is 0.545 bits per heavy atom. The zero-order chi connectivity index (χ0) is 48.3. The lowest BCUT2D eigenvalue weighted by Gasteiger charge is -2.41. The van der Waals surface area contributed by atoms with Gasteiger partial charge in [0, 0.05) is 12.8 Å². The highest BCUT2D eigenvalue weighted by Gasteiger charge is 2.51. The van der Waals surface area contributed by atoms with Crippen molar-refractivity contribution in [3.8, 4) is 0 Å². The summed E-state index contributed by atoms with van der Waals surface area (Å²) < 4.78 is 39.3. The van der Waals surface area contributed by atoms with Crippen LogP contribution in [0.25, 0.3) is 0 Å². The number of ether oxygens (including phenoxy) is 3. The van der Waals surface area contributed by atoms with Crippen LogP contribution < -0.4 is 0 Å². The van der Waals surface area contributed by atoms with Crippen molar-refractivity contribution < 1.29 is 67.8 Å². The third-order valence-electron chi connectivity index (χ3n) is 11.1. The number of hydrogen-bond acceptors (Lipinski definition) is 13. The molecule has 14 nitrogen and oxygen atoms in total. The molecule has 0 aromatic heterocycles. The largest absolute Gasteiger partial charge is 0.472 e. The minimum absolute atomic E-state index is 0.00731. The summed E-state index contributed by atoms with van der Waals surface area (Å²) in [5.74, 6) is -1.19. The molecule has 1 aliphatic carbocycles. The number of rotatable bonds is 38. The molecule has 0 amide bonds. The first-order valence-electron chi connectivity index (χ1n) is 24.5. The fourth-order valence-electron chi connectivity index (χ4n) is 7.08. The van der Waals surface area contributed by atoms with Gasteiger partial charge in [0.2, 0.25) is 0 Å². The van der Waals surface area contributed by atoms with Gasteiger partial charge in [0.05, 0.1) is 18.8 Å². The summed E-state index contributed by atoms with van der Waals surface area (Å²) >= 11 is 0. The van der Waals surface area contributed by atoms with Crippen LogP contribution in [0.2, 0.25) is 0 Å². The predicted octanol–water partition coefficient (Wildman–Crippen LogP) is 9.04. The average molecular weight is 951 g/mol. The van der Waals surface area contributed by atoms with Gasteiger partial charge in [0.15, 0.2) is 6.10 Å². The Labute approximate surface area is 394 Å². The Morgan fingerprint density at radius 3 is 1.59 bits per heavy atom. The second-order valence-corrected chi connectivity index (χ2v) is 18.4. The van der Waals surface area contributed by atoms with E-state index in [0.717, 1.165) is 89.9 Å². The quantitative estimate of drug-likeness (QED) is 0.0112. The maximum Gasteiger partial charge on any atom is 0.472 e. The fourth-order valence-corrected chi connectivity index (χ4v) is 8.05. The van der Waals surface area contributed by atoms with Gasteiger partial charge in [-0.25, -0.2) is 4.57 Å². The van der Waals surface area contributed by atoms with Crippen LogP contribution >= 0.6 is 7.82 Å². The van der Waals surface area contributed by atoms with Crippen molar-refractivity contribution in [1.82, 2.24) is 0 Å². The predicted molar refractivity (Wildman–Crippen MR) is 257 cm³/mol. The standard InChI is InChI=1S/C51H83O14P/c1-3-5-7-9-11-12-13-14-15-16-17-18-19-20-21-22-25-29-33-37-44(52)61-39-41(40-62-66(59,60)65-51-49(57)47(55)46(54)48(56)50(51)58)63-45(53)38-34-30-26-23-24-28-32-36-43-42(64-43)35-31-27-10-8-6-4-2/h5,7,11-12,14-15,17-18,23,26-28,31-32,41-43,46-51,54-58H,3-4,6,8-10,13,16,19-22,24-25,29-30,33-40H2,1-2H3,(H,59,60)/b7-5-,12-11-,15-14-,18-17-,26-23-,31-27-,32-28-/t41-,42?,43?,46?,47-,48+,49-,50-,51?/m1/s1. The van der Waals surface area contributed by atoms with Gasteiger partial charge in [-0.1, -0.05) is 137 Å². The molecule has 1 saturated heterocycles. The molecule has 1 saturated carbocycles. The van der Waals surface area contributed by atoms with Crippen LogP contribution in [0.5, 0.6) is 0 Å². The number of aliphatic hydroxyl groups excluding tert-OH is 5. The highest BCUT2D eigenvalue weighted by molar-refractivity contribution is 7.47. The molecule has 15 heteroatoms. The van der Waals surface area contributed by atoms with Gasteiger partial charge in [-0.2, -0.15) is 0 Å². The Morgan fingerprint density at radius 2 is 1.00 bits per heavy atom. The fraction of sp³-hybridized carbons (Fsp3) is 0.686. The van der Waals surface area contributed by atoms with E-state index in [9.17, 15) is 44.6 Å². The topological polar surface area (TPSA) is 222 Å². The first-order valence-corrected chi connectivity index (χ1v) is 26.0. The van der Waals surface area contributed by atoms with E-state index in [0.29, 0.717) is 25.4 Å². The molecular weight excluding hydrogens is 868 g/mol. The smallest absolute Gasteiger partial charge is 0.462 e. The lowest BCUT2D eigenvalue weighted by atomic mass is 9.85. The third kappa shape index (κ3) is 28.3. The number of allylic oxidation sites excluding steroid dienone is 12. The normalized spacial score (nSPS) is 25.1. The van der Waals surface area contributed by atoms with Gasteiger partial charge < -0.3 is 44.6 Å². The van der Waals surface area contributed by atoms with Crippen molar-refractivity contribution in [3.05, 3.63) is 85.1 Å². The van der Waals surface area contributed by atoms with E-state index in [-0.39, 0.29) is 18.9 Å². The molecule has 2 rings (SSSR count). The SMILES string of the molecule is CC/C=C\C/C=C\C/C=C\C/C=C\CCCCCCCCC(=O)OC[C@H](COP(=O)(O)OC1[C@H](O)[C@H](O)C(O)[C@H](O)[C@H]1O)OC(=O)CCC/C=C\C/C=C\CC1OC1C/C=C\CCCCC. The summed E-state index contributed by atoms with van der Waals surface area (Å²) in [4.78, 5) is 35.8. The van der Waals surface area contributed by atoms with Crippen molar-refractivity contribution in [2.24, 2.45) is 0 Å². The Hall–Kier alpha value is -3.01. The number of carbonyl (C=O) groups is 2. The van der Waals surface area contributed by atoms with E-state index in [1.807, 2.05) is 12.2 Å². The lowest BCUT2D eigenvalue weighted by Crippen LogP contribution is -2.64. The summed E-state index contributed by atoms with van der Waals surface area (Å²) in [5.41, 5.74) is 0. The molecule has 0 radical (unpaired) electrons. The molecule has 5 unspecified atom stereocenters. The van der Waals surface area contributed by atoms with Crippen LogP contribution in [0.3, 0.4) is 0 Å². The van der Waals surface area contributed by atoms with Crippen LogP contribution in [0.1, 0.15) is 155 Å². The van der Waals surface area contributed by atoms with Gasteiger partial charge in [-0.05, 0) is 89.9 Å². The van der Waals surface area contributed by atoms with Crippen LogP contribution in [0.15, 0.2) is 85.1 Å². The van der Waals surface area contributed by atoms with Gasteiger partial charge in [-0.15, -0.1) is 0 Å². The van der Waals surface area contributed by atoms with Crippen LogP contribution in [0, 0.1) is 0 Å². The number of epoxide rings is 1. The van der Waals surface area contributed by atoms with E-state index < -0.39 is 75.7 Å². The summed E-state index contributed by atoms with van der Waals surface area (Å²) in [5, 5.41) is 50.2. The molecule has 66 heavy (non-hydrogen) atoms. The number of phosphoric ester groups is 1. The van der Waals surface area contributed by atoms with Crippen molar-refractivity contribution in [2.75, 3.05) is 13.2 Å². The second kappa shape index (κ2) is 37.0. The molecule has 0 bridgehead atoms. The monoisotopic (exact) mass is 951 g/mol. The van der Waals surface area contributed by atoms with Crippen LogP contribution in [0.4, 0.5) is 0 Å². The second-order valence-electron chi connectivity index (χ2n) is 17.0. The Kier molecular flexibility index (Phi) is 33.1.